The fraction of sp³-hybridized carbons (Fsp3) is 0.923. The number of hydrogen-bond acceptors (Lipinski definition) is 4. The highest BCUT2D eigenvalue weighted by Crippen LogP contribution is 2.31. The van der Waals surface area contributed by atoms with Crippen molar-refractivity contribution in [1.29, 1.82) is 0 Å². The molecule has 0 amide bonds. The standard InChI is InChI=1S/C13H24N2S2/c1-9(2)7-10-8-14-13(17-10)15-11-5-4-6-12(11)16-3/h9-12H,4-8H2,1-3H3,(H,14,15). The van der Waals surface area contributed by atoms with Gasteiger partial charge in [-0.1, -0.05) is 32.0 Å². The van der Waals surface area contributed by atoms with E-state index in [4.69, 9.17) is 0 Å². The van der Waals surface area contributed by atoms with Gasteiger partial charge >= 0.3 is 0 Å². The van der Waals surface area contributed by atoms with Gasteiger partial charge < -0.3 is 5.32 Å². The quantitative estimate of drug-likeness (QED) is 0.849. The molecule has 4 heteroatoms. The molecule has 3 atom stereocenters. The molecule has 1 aliphatic heterocycles. The zero-order valence-electron chi connectivity index (χ0n) is 11.1. The number of thioether (sulfide) groups is 2. The Kier molecular flexibility index (Phi) is 5.10. The van der Waals surface area contributed by atoms with E-state index in [9.17, 15) is 0 Å². The molecular weight excluding hydrogens is 248 g/mol. The molecule has 2 rings (SSSR count). The smallest absolute Gasteiger partial charge is 0.157 e. The molecule has 0 aromatic carbocycles. The van der Waals surface area contributed by atoms with Gasteiger partial charge in [0.05, 0.1) is 6.54 Å². The molecule has 0 aromatic rings. The van der Waals surface area contributed by atoms with Gasteiger partial charge in [-0.05, 0) is 31.4 Å². The Bertz CT molecular complexity index is 279. The largest absolute Gasteiger partial charge is 0.361 e. The predicted molar refractivity (Wildman–Crippen MR) is 81.2 cm³/mol. The van der Waals surface area contributed by atoms with Crippen LogP contribution in [0.1, 0.15) is 39.5 Å². The van der Waals surface area contributed by atoms with Gasteiger partial charge in [0.25, 0.3) is 0 Å². The Labute approximate surface area is 114 Å². The topological polar surface area (TPSA) is 24.4 Å². The normalized spacial score (nSPS) is 33.2. The van der Waals surface area contributed by atoms with Gasteiger partial charge in [-0.25, -0.2) is 0 Å². The molecule has 0 radical (unpaired) electrons. The Morgan fingerprint density at radius 2 is 2.29 bits per heavy atom. The molecule has 0 spiro atoms. The lowest BCUT2D eigenvalue weighted by atomic mass is 10.1. The second-order valence-corrected chi connectivity index (χ2v) is 7.84. The van der Waals surface area contributed by atoms with E-state index in [2.05, 4.69) is 30.4 Å². The summed E-state index contributed by atoms with van der Waals surface area (Å²) < 4.78 is 0. The number of aliphatic imine (C=N–C) groups is 1. The first kappa shape index (κ1) is 13.6. The molecule has 0 saturated heterocycles. The van der Waals surface area contributed by atoms with Crippen LogP contribution in [0.4, 0.5) is 0 Å². The van der Waals surface area contributed by atoms with E-state index in [1.165, 1.54) is 30.9 Å². The van der Waals surface area contributed by atoms with Crippen LogP contribution in [0.15, 0.2) is 4.99 Å². The first-order valence-corrected chi connectivity index (χ1v) is 8.86. The number of rotatable bonds is 4. The minimum absolute atomic E-state index is 0.661. The predicted octanol–water partition coefficient (Wildman–Crippen LogP) is 3.38. The van der Waals surface area contributed by atoms with Crippen molar-refractivity contribution >= 4 is 28.7 Å². The molecule has 2 aliphatic rings. The number of amidine groups is 1. The summed E-state index contributed by atoms with van der Waals surface area (Å²) >= 11 is 3.98. The molecule has 17 heavy (non-hydrogen) atoms. The van der Waals surface area contributed by atoms with Gasteiger partial charge in [-0.15, -0.1) is 0 Å². The van der Waals surface area contributed by atoms with Crippen molar-refractivity contribution in [3.05, 3.63) is 0 Å². The number of nitrogens with zero attached hydrogens (tertiary/aromatic N) is 1. The summed E-state index contributed by atoms with van der Waals surface area (Å²) in [6.45, 7) is 5.61. The van der Waals surface area contributed by atoms with E-state index < -0.39 is 0 Å². The molecule has 0 bridgehead atoms. The minimum atomic E-state index is 0.661. The lowest BCUT2D eigenvalue weighted by molar-refractivity contribution is 0.575. The summed E-state index contributed by atoms with van der Waals surface area (Å²) in [5.41, 5.74) is 0. The van der Waals surface area contributed by atoms with Crippen molar-refractivity contribution in [2.75, 3.05) is 12.8 Å². The summed E-state index contributed by atoms with van der Waals surface area (Å²) in [5.74, 6) is 0.785. The van der Waals surface area contributed by atoms with Crippen LogP contribution >= 0.6 is 23.5 Å². The Morgan fingerprint density at radius 1 is 1.47 bits per heavy atom. The third-order valence-electron chi connectivity index (χ3n) is 3.52. The van der Waals surface area contributed by atoms with E-state index >= 15 is 0 Å². The highest BCUT2D eigenvalue weighted by molar-refractivity contribution is 8.14. The van der Waals surface area contributed by atoms with Crippen LogP contribution < -0.4 is 5.32 Å². The van der Waals surface area contributed by atoms with Crippen molar-refractivity contribution < 1.29 is 0 Å². The van der Waals surface area contributed by atoms with Crippen LogP contribution in [0.2, 0.25) is 0 Å². The molecule has 1 aliphatic carbocycles. The van der Waals surface area contributed by atoms with Crippen LogP contribution in [0.25, 0.3) is 0 Å². The minimum Gasteiger partial charge on any atom is -0.361 e. The second-order valence-electron chi connectivity index (χ2n) is 5.47. The van der Waals surface area contributed by atoms with Crippen LogP contribution in [-0.2, 0) is 0 Å². The molecule has 1 fully saturated rings. The van der Waals surface area contributed by atoms with E-state index in [0.29, 0.717) is 11.3 Å². The van der Waals surface area contributed by atoms with E-state index in [-0.39, 0.29) is 0 Å². The molecule has 1 N–H and O–H groups in total. The lowest BCUT2D eigenvalue weighted by Gasteiger charge is -2.20. The third-order valence-corrected chi connectivity index (χ3v) is 5.83. The molecule has 2 nitrogen and oxygen atoms in total. The van der Waals surface area contributed by atoms with Crippen molar-refractivity contribution in [2.24, 2.45) is 10.9 Å². The maximum atomic E-state index is 4.66. The van der Waals surface area contributed by atoms with E-state index in [0.717, 1.165) is 17.7 Å². The summed E-state index contributed by atoms with van der Waals surface area (Å²) in [6, 6.07) is 0.661. The van der Waals surface area contributed by atoms with Crippen molar-refractivity contribution in [2.45, 2.75) is 56.1 Å². The van der Waals surface area contributed by atoms with Crippen molar-refractivity contribution in [3.63, 3.8) is 0 Å². The summed E-state index contributed by atoms with van der Waals surface area (Å²) in [5, 5.41) is 6.39. The monoisotopic (exact) mass is 272 g/mol. The van der Waals surface area contributed by atoms with E-state index in [1.54, 1.807) is 0 Å². The summed E-state index contributed by atoms with van der Waals surface area (Å²) in [7, 11) is 0. The van der Waals surface area contributed by atoms with Crippen molar-refractivity contribution in [1.82, 2.24) is 5.32 Å². The maximum absolute atomic E-state index is 4.66. The fourth-order valence-electron chi connectivity index (χ4n) is 2.68. The molecule has 1 heterocycles. The SMILES string of the molecule is CSC1CCCC1NC1=NCC(CC(C)C)S1. The fourth-order valence-corrected chi connectivity index (χ4v) is 4.93. The Morgan fingerprint density at radius 3 is 3.00 bits per heavy atom. The van der Waals surface area contributed by atoms with E-state index in [1.807, 2.05) is 23.5 Å². The van der Waals surface area contributed by atoms with Gasteiger partial charge in [-0.3, -0.25) is 4.99 Å². The second kappa shape index (κ2) is 6.37. The number of nitrogens with one attached hydrogen (secondary N) is 1. The van der Waals surface area contributed by atoms with Gasteiger partial charge in [0.2, 0.25) is 0 Å². The highest BCUT2D eigenvalue weighted by atomic mass is 32.2. The van der Waals surface area contributed by atoms with Gasteiger partial charge in [-0.2, -0.15) is 11.8 Å². The third kappa shape index (κ3) is 3.82. The van der Waals surface area contributed by atoms with Crippen LogP contribution in [-0.4, -0.2) is 34.5 Å². The first-order valence-electron chi connectivity index (χ1n) is 6.69. The zero-order chi connectivity index (χ0) is 12.3. The molecule has 1 saturated carbocycles. The van der Waals surface area contributed by atoms with Crippen molar-refractivity contribution in [3.8, 4) is 0 Å². The lowest BCUT2D eigenvalue weighted by Crippen LogP contribution is -2.36. The Balaban J connectivity index is 1.77. The molecule has 0 aromatic heterocycles. The summed E-state index contributed by atoms with van der Waals surface area (Å²) in [6.07, 6.45) is 7.58. The first-order chi connectivity index (χ1) is 8.19. The average Bonchev–Trinajstić information content (AvgIpc) is 2.87. The van der Waals surface area contributed by atoms with Crippen LogP contribution in [0, 0.1) is 5.92 Å². The number of hydrogen-bond donors (Lipinski definition) is 1. The average molecular weight is 272 g/mol. The molecule has 98 valence electrons. The zero-order valence-corrected chi connectivity index (χ0v) is 12.7. The maximum Gasteiger partial charge on any atom is 0.157 e. The van der Waals surface area contributed by atoms with Gasteiger partial charge in [0, 0.05) is 16.5 Å². The highest BCUT2D eigenvalue weighted by Gasteiger charge is 2.29. The summed E-state index contributed by atoms with van der Waals surface area (Å²) in [4.78, 5) is 4.66. The molecular formula is C13H24N2S2. The van der Waals surface area contributed by atoms with Gasteiger partial charge in [0.15, 0.2) is 5.17 Å². The van der Waals surface area contributed by atoms with Crippen LogP contribution in [0.5, 0.6) is 0 Å². The molecule has 3 unspecified atom stereocenters. The van der Waals surface area contributed by atoms with Gasteiger partial charge in [0.1, 0.15) is 0 Å². The Hall–Kier alpha value is 0.170. The van der Waals surface area contributed by atoms with Crippen LogP contribution in [0.3, 0.4) is 0 Å².